The van der Waals surface area contributed by atoms with E-state index in [0.717, 1.165) is 28.7 Å². The minimum absolute atomic E-state index is 0.108. The van der Waals surface area contributed by atoms with Gasteiger partial charge in [0.2, 0.25) is 10.0 Å². The quantitative estimate of drug-likeness (QED) is 0.662. The van der Waals surface area contributed by atoms with Crippen LogP contribution in [0.4, 0.5) is 20.7 Å². The maximum Gasteiger partial charge on any atom is 0.344 e. The number of carbonyl (C=O) groups is 1. The van der Waals surface area contributed by atoms with Crippen LogP contribution in [0.2, 0.25) is 5.02 Å². The lowest BCUT2D eigenvalue weighted by Crippen LogP contribution is -2.54. The number of nitrogens with zero attached hydrogens (tertiary/aromatic N) is 5. The van der Waals surface area contributed by atoms with E-state index in [1.165, 1.54) is 12.3 Å². The van der Waals surface area contributed by atoms with E-state index < -0.39 is 16.2 Å². The molecule has 1 N–H and O–H groups in total. The molecule has 9 nitrogen and oxygen atoms in total. The number of hydrogen-bond donors (Lipinski definition) is 1. The van der Waals surface area contributed by atoms with Crippen LogP contribution in [-0.2, 0) is 16.6 Å². The molecule has 1 aromatic heterocycles. The molecule has 0 saturated carbocycles. The predicted octanol–water partition coefficient (Wildman–Crippen LogP) is 3.02. The Balaban J connectivity index is 1.37. The molecule has 1 aromatic carbocycles. The van der Waals surface area contributed by atoms with Gasteiger partial charge in [-0.3, -0.25) is 9.62 Å². The van der Waals surface area contributed by atoms with E-state index in [0.29, 0.717) is 50.6 Å². The van der Waals surface area contributed by atoms with E-state index in [9.17, 15) is 17.6 Å². The molecule has 0 unspecified atom stereocenters. The number of amides is 1. The highest BCUT2D eigenvalue weighted by Crippen LogP contribution is 2.30. The van der Waals surface area contributed by atoms with Crippen molar-refractivity contribution < 1.29 is 17.6 Å². The number of nitrogens with one attached hydrogen (secondary N) is 1. The molecule has 1 amide bonds. The summed E-state index contributed by atoms with van der Waals surface area (Å²) >= 11 is 6.45. The standard InChI is InChI=1S/C22H30ClFN6O3S/c1-16-14-29(22(31)30-10-7-21(25-30)26-34(2,32)33)12-11-28(16)15-17-3-4-19(23)20(13-17)27-8-5-18(24)6-9-27/h3-4,7,10,13,16,18H,5-6,8-9,11-12,14-15H2,1-2H3,(H,25,26)/t16-/m1/s1. The number of carbonyl (C=O) groups excluding carboxylic acids is 1. The molecule has 12 heteroatoms. The maximum absolute atomic E-state index is 13.5. The second-order valence-electron chi connectivity index (χ2n) is 9.02. The molecule has 2 saturated heterocycles. The van der Waals surface area contributed by atoms with Gasteiger partial charge in [-0.05, 0) is 37.5 Å². The Morgan fingerprint density at radius 1 is 1.21 bits per heavy atom. The van der Waals surface area contributed by atoms with Gasteiger partial charge in [0.15, 0.2) is 5.82 Å². The van der Waals surface area contributed by atoms with Gasteiger partial charge in [0.25, 0.3) is 0 Å². The summed E-state index contributed by atoms with van der Waals surface area (Å²) in [5, 5.41) is 4.71. The van der Waals surface area contributed by atoms with Crippen molar-refractivity contribution in [1.82, 2.24) is 19.6 Å². The van der Waals surface area contributed by atoms with Crippen LogP contribution in [-0.4, -0.2) is 85.2 Å². The Bertz CT molecular complexity index is 1140. The lowest BCUT2D eigenvalue weighted by Gasteiger charge is -2.39. The van der Waals surface area contributed by atoms with E-state index in [2.05, 4.69) is 32.6 Å². The zero-order valence-electron chi connectivity index (χ0n) is 19.3. The average molecular weight is 513 g/mol. The summed E-state index contributed by atoms with van der Waals surface area (Å²) in [6.45, 7) is 5.86. The molecule has 0 radical (unpaired) electrons. The topological polar surface area (TPSA) is 90.8 Å². The van der Waals surface area contributed by atoms with E-state index in [1.54, 1.807) is 4.90 Å². The fraction of sp³-hybridized carbons (Fsp3) is 0.545. The predicted molar refractivity (Wildman–Crippen MR) is 131 cm³/mol. The molecule has 2 fully saturated rings. The highest BCUT2D eigenvalue weighted by Gasteiger charge is 2.28. The summed E-state index contributed by atoms with van der Waals surface area (Å²) in [7, 11) is -3.46. The third kappa shape index (κ3) is 6.00. The van der Waals surface area contributed by atoms with Crippen molar-refractivity contribution in [2.24, 2.45) is 0 Å². The minimum atomic E-state index is -3.46. The lowest BCUT2D eigenvalue weighted by atomic mass is 10.1. The minimum Gasteiger partial charge on any atom is -0.370 e. The zero-order chi connectivity index (χ0) is 24.5. The van der Waals surface area contributed by atoms with Crippen LogP contribution in [0.3, 0.4) is 0 Å². The molecule has 3 heterocycles. The van der Waals surface area contributed by atoms with Crippen LogP contribution >= 0.6 is 11.6 Å². The number of halogens is 2. The van der Waals surface area contributed by atoms with Crippen molar-refractivity contribution in [2.75, 3.05) is 48.6 Å². The van der Waals surface area contributed by atoms with Crippen LogP contribution in [0.1, 0.15) is 25.3 Å². The Morgan fingerprint density at radius 3 is 2.62 bits per heavy atom. The van der Waals surface area contributed by atoms with Crippen molar-refractivity contribution in [1.29, 1.82) is 0 Å². The summed E-state index contributed by atoms with van der Waals surface area (Å²) in [6.07, 6.45) is 2.80. The van der Waals surface area contributed by atoms with E-state index in [-0.39, 0.29) is 17.9 Å². The average Bonchev–Trinajstić information content (AvgIpc) is 3.23. The summed E-state index contributed by atoms with van der Waals surface area (Å²) in [5.41, 5.74) is 2.07. The number of rotatable bonds is 5. The summed E-state index contributed by atoms with van der Waals surface area (Å²) in [6, 6.07) is 7.27. The normalized spacial score (nSPS) is 20.5. The van der Waals surface area contributed by atoms with Crippen molar-refractivity contribution in [3.63, 3.8) is 0 Å². The number of piperidine rings is 1. The van der Waals surface area contributed by atoms with Crippen LogP contribution in [0.5, 0.6) is 0 Å². The second-order valence-corrected chi connectivity index (χ2v) is 11.2. The Morgan fingerprint density at radius 2 is 1.94 bits per heavy atom. The SMILES string of the molecule is C[C@@H]1CN(C(=O)n2ccc(NS(C)(=O)=O)n2)CCN1Cc1ccc(Cl)c(N2CCC(F)CC2)c1. The number of aromatic nitrogens is 2. The third-order valence-electron chi connectivity index (χ3n) is 6.27. The van der Waals surface area contributed by atoms with E-state index in [4.69, 9.17) is 11.6 Å². The number of sulfonamides is 1. The molecule has 2 aromatic rings. The number of anilines is 2. The molecule has 1 atom stereocenters. The largest absolute Gasteiger partial charge is 0.370 e. The summed E-state index contributed by atoms with van der Waals surface area (Å²) in [4.78, 5) is 19.0. The molecule has 2 aliphatic heterocycles. The molecule has 0 bridgehead atoms. The van der Waals surface area contributed by atoms with Crippen molar-refractivity contribution in [2.45, 2.75) is 38.5 Å². The first-order chi connectivity index (χ1) is 16.1. The van der Waals surface area contributed by atoms with Crippen molar-refractivity contribution >= 4 is 39.2 Å². The van der Waals surface area contributed by atoms with Gasteiger partial charge < -0.3 is 9.80 Å². The lowest BCUT2D eigenvalue weighted by molar-refractivity contribution is 0.0921. The van der Waals surface area contributed by atoms with Gasteiger partial charge >= 0.3 is 6.03 Å². The fourth-order valence-corrected chi connectivity index (χ4v) is 5.17. The Labute approximate surface area is 204 Å². The Hall–Kier alpha value is -2.37. The van der Waals surface area contributed by atoms with Gasteiger partial charge in [-0.1, -0.05) is 17.7 Å². The van der Waals surface area contributed by atoms with Crippen LogP contribution < -0.4 is 9.62 Å². The van der Waals surface area contributed by atoms with Crippen LogP contribution in [0, 0.1) is 0 Å². The van der Waals surface area contributed by atoms with Crippen LogP contribution in [0.25, 0.3) is 0 Å². The Kier molecular flexibility index (Phi) is 7.34. The van der Waals surface area contributed by atoms with Gasteiger partial charge in [0.05, 0.1) is 17.0 Å². The van der Waals surface area contributed by atoms with Crippen molar-refractivity contribution in [3.8, 4) is 0 Å². The number of hydrogen-bond acceptors (Lipinski definition) is 6. The van der Waals surface area contributed by atoms with Gasteiger partial charge in [-0.15, -0.1) is 5.10 Å². The van der Waals surface area contributed by atoms with Gasteiger partial charge in [-0.2, -0.15) is 4.68 Å². The number of benzene rings is 1. The van der Waals surface area contributed by atoms with Gasteiger partial charge in [0, 0.05) is 57.6 Å². The number of alkyl halides is 1. The highest BCUT2D eigenvalue weighted by molar-refractivity contribution is 7.92. The monoisotopic (exact) mass is 512 g/mol. The molecular formula is C22H30ClFN6O3S. The molecule has 34 heavy (non-hydrogen) atoms. The summed E-state index contributed by atoms with van der Waals surface area (Å²) < 4.78 is 39.7. The first-order valence-electron chi connectivity index (χ1n) is 11.3. The molecule has 0 spiro atoms. The first kappa shape index (κ1) is 24.7. The molecule has 186 valence electrons. The third-order valence-corrected chi connectivity index (χ3v) is 7.17. The van der Waals surface area contributed by atoms with E-state index >= 15 is 0 Å². The van der Waals surface area contributed by atoms with E-state index in [1.807, 2.05) is 12.1 Å². The van der Waals surface area contributed by atoms with Gasteiger partial charge in [-0.25, -0.2) is 17.6 Å². The number of piperazine rings is 1. The second kappa shape index (κ2) is 10.1. The maximum atomic E-state index is 13.5. The summed E-state index contributed by atoms with van der Waals surface area (Å²) in [5.74, 6) is 0.108. The van der Waals surface area contributed by atoms with Crippen LogP contribution in [0.15, 0.2) is 30.5 Å². The first-order valence-corrected chi connectivity index (χ1v) is 13.6. The molecule has 2 aliphatic rings. The smallest absolute Gasteiger partial charge is 0.344 e. The zero-order valence-corrected chi connectivity index (χ0v) is 20.9. The molecule has 4 rings (SSSR count). The highest BCUT2D eigenvalue weighted by atomic mass is 35.5. The molecule has 0 aliphatic carbocycles. The van der Waals surface area contributed by atoms with Crippen molar-refractivity contribution in [3.05, 3.63) is 41.0 Å². The van der Waals surface area contributed by atoms with Gasteiger partial charge in [0.1, 0.15) is 6.17 Å². The molecular weight excluding hydrogens is 483 g/mol. The fourth-order valence-electron chi connectivity index (χ4n) is 4.45.